The van der Waals surface area contributed by atoms with Crippen LogP contribution in [0.15, 0.2) is 53.0 Å². The van der Waals surface area contributed by atoms with E-state index in [-0.39, 0.29) is 12.5 Å². The number of hydrogen-bond acceptors (Lipinski definition) is 4. The number of nitrogens with zero attached hydrogens (tertiary/aromatic N) is 2. The first-order valence-electron chi connectivity index (χ1n) is 10.4. The Labute approximate surface area is 199 Å². The molecule has 174 valence electrons. The van der Waals surface area contributed by atoms with Crippen molar-refractivity contribution in [2.45, 2.75) is 39.8 Å². The van der Waals surface area contributed by atoms with E-state index >= 15 is 0 Å². The summed E-state index contributed by atoms with van der Waals surface area (Å²) in [5.41, 5.74) is 2.09. The van der Waals surface area contributed by atoms with E-state index in [0.717, 1.165) is 32.6 Å². The van der Waals surface area contributed by atoms with Gasteiger partial charge in [-0.2, -0.15) is 0 Å². The van der Waals surface area contributed by atoms with Gasteiger partial charge in [0.2, 0.25) is 21.8 Å². The van der Waals surface area contributed by atoms with Crippen molar-refractivity contribution < 1.29 is 18.0 Å². The van der Waals surface area contributed by atoms with Crippen LogP contribution in [-0.4, -0.2) is 50.5 Å². The van der Waals surface area contributed by atoms with Crippen LogP contribution in [0.4, 0.5) is 5.69 Å². The number of hydrogen-bond donors (Lipinski definition) is 1. The quantitative estimate of drug-likeness (QED) is 0.516. The molecule has 0 radical (unpaired) electrons. The first kappa shape index (κ1) is 25.9. The average molecular weight is 524 g/mol. The predicted molar refractivity (Wildman–Crippen MR) is 131 cm³/mol. The number of amides is 2. The van der Waals surface area contributed by atoms with E-state index in [1.54, 1.807) is 25.1 Å². The topological polar surface area (TPSA) is 86.8 Å². The van der Waals surface area contributed by atoms with Gasteiger partial charge in [0, 0.05) is 17.6 Å². The van der Waals surface area contributed by atoms with Crippen molar-refractivity contribution in [1.82, 2.24) is 10.2 Å². The molecule has 0 saturated heterocycles. The van der Waals surface area contributed by atoms with Crippen LogP contribution in [0.2, 0.25) is 0 Å². The second kappa shape index (κ2) is 11.5. The number of anilines is 1. The van der Waals surface area contributed by atoms with Crippen LogP contribution in [0.1, 0.15) is 31.4 Å². The predicted octanol–water partition coefficient (Wildman–Crippen LogP) is 3.47. The second-order valence-electron chi connectivity index (χ2n) is 7.68. The number of rotatable bonds is 10. The molecule has 7 nitrogen and oxygen atoms in total. The zero-order chi connectivity index (χ0) is 23.9. The molecule has 1 unspecified atom stereocenters. The summed E-state index contributed by atoms with van der Waals surface area (Å²) in [7, 11) is -3.74. The summed E-state index contributed by atoms with van der Waals surface area (Å²) in [5, 5.41) is 2.81. The van der Waals surface area contributed by atoms with E-state index in [1.165, 1.54) is 4.90 Å². The Balaban J connectivity index is 2.36. The molecule has 0 heterocycles. The molecule has 1 atom stereocenters. The van der Waals surface area contributed by atoms with Crippen LogP contribution in [-0.2, 0) is 26.2 Å². The van der Waals surface area contributed by atoms with Gasteiger partial charge in [-0.1, -0.05) is 53.2 Å². The number of aryl methyl sites for hydroxylation is 1. The number of carbonyl (C=O) groups excluding carboxylic acids is 2. The Kier molecular flexibility index (Phi) is 9.27. The van der Waals surface area contributed by atoms with Crippen molar-refractivity contribution in [3.05, 3.63) is 64.1 Å². The molecule has 0 spiro atoms. The highest BCUT2D eigenvalue weighted by Crippen LogP contribution is 2.25. The molecule has 1 N–H and O–H groups in total. The molecule has 2 aromatic rings. The summed E-state index contributed by atoms with van der Waals surface area (Å²) in [6.45, 7) is 5.74. The van der Waals surface area contributed by atoms with Crippen molar-refractivity contribution in [3.63, 3.8) is 0 Å². The van der Waals surface area contributed by atoms with E-state index < -0.39 is 28.5 Å². The minimum Gasteiger partial charge on any atom is -0.354 e. The summed E-state index contributed by atoms with van der Waals surface area (Å²) >= 11 is 3.41. The molecule has 32 heavy (non-hydrogen) atoms. The van der Waals surface area contributed by atoms with Gasteiger partial charge in [-0.15, -0.1) is 0 Å². The third-order valence-corrected chi connectivity index (χ3v) is 7.05. The molecule has 2 amide bonds. The molecule has 0 aliphatic rings. The second-order valence-corrected chi connectivity index (χ2v) is 10.4. The summed E-state index contributed by atoms with van der Waals surface area (Å²) in [6.07, 6.45) is 1.84. The molecular formula is C23H30BrN3O4S. The van der Waals surface area contributed by atoms with E-state index in [2.05, 4.69) is 21.2 Å². The van der Waals surface area contributed by atoms with Crippen LogP contribution in [0.3, 0.4) is 0 Å². The number of nitrogens with one attached hydrogen (secondary N) is 1. The highest BCUT2D eigenvalue weighted by atomic mass is 79.9. The van der Waals surface area contributed by atoms with Crippen LogP contribution >= 0.6 is 15.9 Å². The third-order valence-electron chi connectivity index (χ3n) is 5.02. The van der Waals surface area contributed by atoms with E-state index in [4.69, 9.17) is 0 Å². The molecule has 0 aliphatic heterocycles. The monoisotopic (exact) mass is 523 g/mol. The summed E-state index contributed by atoms with van der Waals surface area (Å²) in [5.74, 6) is -0.736. The van der Waals surface area contributed by atoms with Crippen LogP contribution < -0.4 is 9.62 Å². The standard InChI is InChI=1S/C23H30BrN3O4S/c1-5-13-25-23(29)18(3)26(15-19-9-7-6-8-10-19)22(28)16-27(32(4,30)31)20-11-12-21(24)17(2)14-20/h6-12,14,18H,5,13,15-16H2,1-4H3,(H,25,29). The molecule has 0 aliphatic carbocycles. The summed E-state index contributed by atoms with van der Waals surface area (Å²) < 4.78 is 27.0. The Morgan fingerprint density at radius 2 is 1.78 bits per heavy atom. The van der Waals surface area contributed by atoms with E-state index in [1.807, 2.05) is 44.2 Å². The molecule has 2 aromatic carbocycles. The Morgan fingerprint density at radius 3 is 2.34 bits per heavy atom. The Hall–Kier alpha value is -2.39. The lowest BCUT2D eigenvalue weighted by atomic mass is 10.1. The van der Waals surface area contributed by atoms with Crippen molar-refractivity contribution in [2.75, 3.05) is 23.7 Å². The summed E-state index contributed by atoms with van der Waals surface area (Å²) in [4.78, 5) is 27.4. The van der Waals surface area contributed by atoms with Gasteiger partial charge in [0.05, 0.1) is 11.9 Å². The number of benzene rings is 2. The lowest BCUT2D eigenvalue weighted by molar-refractivity contribution is -0.139. The highest BCUT2D eigenvalue weighted by molar-refractivity contribution is 9.10. The van der Waals surface area contributed by atoms with Crippen LogP contribution in [0, 0.1) is 6.92 Å². The Morgan fingerprint density at radius 1 is 1.12 bits per heavy atom. The van der Waals surface area contributed by atoms with Gasteiger partial charge in [-0.3, -0.25) is 13.9 Å². The minimum absolute atomic E-state index is 0.192. The van der Waals surface area contributed by atoms with Gasteiger partial charge in [0.15, 0.2) is 0 Å². The van der Waals surface area contributed by atoms with Crippen molar-refractivity contribution in [2.24, 2.45) is 0 Å². The number of sulfonamides is 1. The first-order chi connectivity index (χ1) is 15.0. The number of halogens is 1. The fraction of sp³-hybridized carbons (Fsp3) is 0.391. The molecule has 9 heteroatoms. The lowest BCUT2D eigenvalue weighted by Gasteiger charge is -2.31. The SMILES string of the molecule is CCCNC(=O)C(C)N(Cc1ccccc1)C(=O)CN(c1ccc(Br)c(C)c1)S(C)(=O)=O. The van der Waals surface area contributed by atoms with E-state index in [9.17, 15) is 18.0 Å². The minimum atomic E-state index is -3.74. The fourth-order valence-corrected chi connectivity index (χ4v) is 4.24. The van der Waals surface area contributed by atoms with Crippen LogP contribution in [0.5, 0.6) is 0 Å². The third kappa shape index (κ3) is 7.06. The molecule has 0 aromatic heterocycles. The molecule has 0 saturated carbocycles. The smallest absolute Gasteiger partial charge is 0.244 e. The zero-order valence-corrected chi connectivity index (χ0v) is 21.2. The van der Waals surface area contributed by atoms with Crippen molar-refractivity contribution >= 4 is 43.5 Å². The van der Waals surface area contributed by atoms with Gasteiger partial charge in [0.25, 0.3) is 0 Å². The highest BCUT2D eigenvalue weighted by Gasteiger charge is 2.30. The normalized spacial score (nSPS) is 12.2. The zero-order valence-electron chi connectivity index (χ0n) is 18.8. The Bertz CT molecular complexity index is 1040. The first-order valence-corrected chi connectivity index (χ1v) is 13.0. The largest absolute Gasteiger partial charge is 0.354 e. The maximum atomic E-state index is 13.4. The average Bonchev–Trinajstić information content (AvgIpc) is 2.75. The van der Waals surface area contributed by atoms with Crippen molar-refractivity contribution in [1.29, 1.82) is 0 Å². The van der Waals surface area contributed by atoms with Gasteiger partial charge < -0.3 is 10.2 Å². The van der Waals surface area contributed by atoms with Gasteiger partial charge in [-0.05, 0) is 49.6 Å². The van der Waals surface area contributed by atoms with Crippen LogP contribution in [0.25, 0.3) is 0 Å². The maximum Gasteiger partial charge on any atom is 0.244 e. The molecule has 2 rings (SSSR count). The summed E-state index contributed by atoms with van der Waals surface area (Å²) in [6, 6.07) is 13.6. The molecule has 0 fully saturated rings. The van der Waals surface area contributed by atoms with Crippen molar-refractivity contribution in [3.8, 4) is 0 Å². The van der Waals surface area contributed by atoms with Gasteiger partial charge >= 0.3 is 0 Å². The lowest BCUT2D eigenvalue weighted by Crippen LogP contribution is -2.51. The fourth-order valence-electron chi connectivity index (χ4n) is 3.16. The maximum absolute atomic E-state index is 13.4. The molecule has 0 bridgehead atoms. The van der Waals surface area contributed by atoms with Gasteiger partial charge in [0.1, 0.15) is 12.6 Å². The van der Waals surface area contributed by atoms with E-state index in [0.29, 0.717) is 12.2 Å². The number of carbonyl (C=O) groups is 2. The molecular weight excluding hydrogens is 494 g/mol. The van der Waals surface area contributed by atoms with Gasteiger partial charge in [-0.25, -0.2) is 8.42 Å².